The highest BCUT2D eigenvalue weighted by molar-refractivity contribution is 9.11. The van der Waals surface area contributed by atoms with Gasteiger partial charge in [-0.3, -0.25) is 4.79 Å². The molecule has 0 bridgehead atoms. The molecule has 1 N–H and O–H groups in total. The lowest BCUT2D eigenvalue weighted by molar-refractivity contribution is -0.143. The van der Waals surface area contributed by atoms with Gasteiger partial charge in [0.1, 0.15) is 0 Å². The standard InChI is InChI=1S/C15H20BrNO3S/c16-13-12(10-3-1-2-4-11(10)15(18)19)17-14(21-13)9-5-7-20-8-6-9/h9-11H,1-8H2,(H,18,19). The van der Waals surface area contributed by atoms with Crippen LogP contribution in [-0.2, 0) is 9.53 Å². The van der Waals surface area contributed by atoms with Crippen LogP contribution in [0.1, 0.15) is 61.1 Å². The summed E-state index contributed by atoms with van der Waals surface area (Å²) < 4.78 is 6.44. The molecule has 1 saturated carbocycles. The van der Waals surface area contributed by atoms with Crippen molar-refractivity contribution in [1.29, 1.82) is 0 Å². The second kappa shape index (κ2) is 6.75. The molecule has 3 rings (SSSR count). The molecule has 2 unspecified atom stereocenters. The molecule has 0 spiro atoms. The summed E-state index contributed by atoms with van der Waals surface area (Å²) in [6.07, 6.45) is 5.87. The summed E-state index contributed by atoms with van der Waals surface area (Å²) >= 11 is 5.31. The van der Waals surface area contributed by atoms with E-state index in [0.717, 1.165) is 66.2 Å². The highest BCUT2D eigenvalue weighted by Gasteiger charge is 2.35. The molecule has 0 aromatic carbocycles. The number of hydrogen-bond donors (Lipinski definition) is 1. The number of nitrogens with zero attached hydrogens (tertiary/aromatic N) is 1. The predicted octanol–water partition coefficient (Wildman–Crippen LogP) is 4.16. The van der Waals surface area contributed by atoms with Gasteiger partial charge in [0.25, 0.3) is 0 Å². The second-order valence-electron chi connectivity index (χ2n) is 5.93. The first-order valence-electron chi connectivity index (χ1n) is 7.63. The van der Waals surface area contributed by atoms with Crippen molar-refractivity contribution in [1.82, 2.24) is 4.98 Å². The zero-order chi connectivity index (χ0) is 14.8. The third-order valence-electron chi connectivity index (χ3n) is 4.63. The quantitative estimate of drug-likeness (QED) is 0.863. The molecule has 0 radical (unpaired) electrons. The van der Waals surface area contributed by atoms with E-state index in [1.54, 1.807) is 11.3 Å². The minimum absolute atomic E-state index is 0.0652. The minimum Gasteiger partial charge on any atom is -0.481 e. The number of carbonyl (C=O) groups is 1. The number of carboxylic acid groups (broad SMARTS) is 1. The van der Waals surface area contributed by atoms with E-state index in [9.17, 15) is 9.90 Å². The molecule has 2 fully saturated rings. The first-order chi connectivity index (χ1) is 10.2. The Morgan fingerprint density at radius 2 is 1.95 bits per heavy atom. The number of aliphatic carboxylic acids is 1. The monoisotopic (exact) mass is 373 g/mol. The van der Waals surface area contributed by atoms with E-state index in [4.69, 9.17) is 9.72 Å². The Kier molecular flexibility index (Phi) is 4.96. The molecule has 6 heteroatoms. The first kappa shape index (κ1) is 15.4. The van der Waals surface area contributed by atoms with Crippen LogP contribution in [0.5, 0.6) is 0 Å². The number of hydrogen-bond acceptors (Lipinski definition) is 4. The second-order valence-corrected chi connectivity index (χ2v) is 8.28. The van der Waals surface area contributed by atoms with Crippen LogP contribution < -0.4 is 0 Å². The third-order valence-corrected chi connectivity index (χ3v) is 6.55. The van der Waals surface area contributed by atoms with Crippen LogP contribution >= 0.6 is 27.3 Å². The maximum atomic E-state index is 11.5. The van der Waals surface area contributed by atoms with Crippen LogP contribution in [0.2, 0.25) is 0 Å². The molecule has 1 aromatic heterocycles. The Morgan fingerprint density at radius 1 is 1.24 bits per heavy atom. The van der Waals surface area contributed by atoms with Crippen molar-refractivity contribution in [2.45, 2.75) is 50.4 Å². The molecule has 2 heterocycles. The summed E-state index contributed by atoms with van der Waals surface area (Å²) in [6.45, 7) is 1.61. The molecule has 4 nitrogen and oxygen atoms in total. The Bertz CT molecular complexity index is 513. The summed E-state index contributed by atoms with van der Waals surface area (Å²) in [4.78, 5) is 16.3. The largest absolute Gasteiger partial charge is 0.481 e. The van der Waals surface area contributed by atoms with Gasteiger partial charge in [-0.05, 0) is 41.6 Å². The van der Waals surface area contributed by atoms with Gasteiger partial charge >= 0.3 is 5.97 Å². The Morgan fingerprint density at radius 3 is 2.67 bits per heavy atom. The third kappa shape index (κ3) is 3.32. The molecule has 1 saturated heterocycles. The fourth-order valence-corrected chi connectivity index (χ4v) is 5.34. The molecule has 2 aliphatic rings. The van der Waals surface area contributed by atoms with E-state index >= 15 is 0 Å². The smallest absolute Gasteiger partial charge is 0.307 e. The average Bonchev–Trinajstić information content (AvgIpc) is 2.90. The summed E-state index contributed by atoms with van der Waals surface area (Å²) in [5.74, 6) is -0.414. The summed E-state index contributed by atoms with van der Waals surface area (Å²) in [5.41, 5.74) is 0.980. The summed E-state index contributed by atoms with van der Waals surface area (Å²) in [6, 6.07) is 0. The Balaban J connectivity index is 1.83. The summed E-state index contributed by atoms with van der Waals surface area (Å²) in [5, 5.41) is 10.6. The number of thiazole rings is 1. The van der Waals surface area contributed by atoms with Crippen molar-refractivity contribution in [2.24, 2.45) is 5.92 Å². The predicted molar refractivity (Wildman–Crippen MR) is 84.9 cm³/mol. The molecule has 0 amide bonds. The Labute approximate surface area is 137 Å². The number of halogens is 1. The van der Waals surface area contributed by atoms with Gasteiger partial charge < -0.3 is 9.84 Å². The zero-order valence-electron chi connectivity index (χ0n) is 11.9. The molecule has 2 atom stereocenters. The van der Waals surface area contributed by atoms with Crippen molar-refractivity contribution in [3.8, 4) is 0 Å². The van der Waals surface area contributed by atoms with Gasteiger partial charge in [0, 0.05) is 25.0 Å². The van der Waals surface area contributed by atoms with Gasteiger partial charge in [-0.2, -0.15) is 0 Å². The zero-order valence-corrected chi connectivity index (χ0v) is 14.3. The number of carboxylic acids is 1. The van der Waals surface area contributed by atoms with E-state index in [2.05, 4.69) is 15.9 Å². The topological polar surface area (TPSA) is 59.4 Å². The van der Waals surface area contributed by atoms with Gasteiger partial charge in [0.15, 0.2) is 0 Å². The van der Waals surface area contributed by atoms with Crippen molar-refractivity contribution >= 4 is 33.2 Å². The van der Waals surface area contributed by atoms with Crippen molar-refractivity contribution in [2.75, 3.05) is 13.2 Å². The molecule has 1 aliphatic carbocycles. The molecule has 21 heavy (non-hydrogen) atoms. The number of aromatic nitrogens is 1. The lowest BCUT2D eigenvalue weighted by atomic mass is 9.78. The van der Waals surface area contributed by atoms with Crippen LogP contribution in [-0.4, -0.2) is 29.3 Å². The van der Waals surface area contributed by atoms with Crippen molar-refractivity contribution in [3.63, 3.8) is 0 Å². The van der Waals surface area contributed by atoms with E-state index in [0.29, 0.717) is 5.92 Å². The highest BCUT2D eigenvalue weighted by atomic mass is 79.9. The van der Waals surface area contributed by atoms with E-state index in [1.807, 2.05) is 0 Å². The van der Waals surface area contributed by atoms with E-state index in [-0.39, 0.29) is 11.8 Å². The lowest BCUT2D eigenvalue weighted by Gasteiger charge is -2.27. The minimum atomic E-state index is -0.674. The fraction of sp³-hybridized carbons (Fsp3) is 0.733. The van der Waals surface area contributed by atoms with Gasteiger partial charge in [0.2, 0.25) is 0 Å². The van der Waals surface area contributed by atoms with E-state index < -0.39 is 5.97 Å². The maximum absolute atomic E-state index is 11.5. The molecule has 116 valence electrons. The van der Waals surface area contributed by atoms with Crippen LogP contribution in [0.3, 0.4) is 0 Å². The van der Waals surface area contributed by atoms with Gasteiger partial charge in [-0.15, -0.1) is 11.3 Å². The van der Waals surface area contributed by atoms with Gasteiger partial charge in [0.05, 0.1) is 20.4 Å². The van der Waals surface area contributed by atoms with Crippen molar-refractivity contribution in [3.05, 3.63) is 14.5 Å². The molecular weight excluding hydrogens is 354 g/mol. The number of rotatable bonds is 3. The normalized spacial score (nSPS) is 27.7. The fourth-order valence-electron chi connectivity index (χ4n) is 3.43. The highest BCUT2D eigenvalue weighted by Crippen LogP contribution is 2.44. The van der Waals surface area contributed by atoms with Gasteiger partial charge in [-0.1, -0.05) is 12.8 Å². The molecule has 1 aliphatic heterocycles. The number of ether oxygens (including phenoxy) is 1. The van der Waals surface area contributed by atoms with Crippen LogP contribution in [0.15, 0.2) is 3.79 Å². The van der Waals surface area contributed by atoms with Crippen LogP contribution in [0.25, 0.3) is 0 Å². The molecule has 1 aromatic rings. The van der Waals surface area contributed by atoms with Crippen molar-refractivity contribution < 1.29 is 14.6 Å². The maximum Gasteiger partial charge on any atom is 0.307 e. The SMILES string of the molecule is O=C(O)C1CCCCC1c1nc(C2CCOCC2)sc1Br. The van der Waals surface area contributed by atoms with Crippen LogP contribution in [0, 0.1) is 5.92 Å². The summed E-state index contributed by atoms with van der Waals surface area (Å²) in [7, 11) is 0. The molecular formula is C15H20BrNO3S. The van der Waals surface area contributed by atoms with Crippen LogP contribution in [0.4, 0.5) is 0 Å². The Hall–Kier alpha value is -0.460. The lowest BCUT2D eigenvalue weighted by Crippen LogP contribution is -2.26. The first-order valence-corrected chi connectivity index (χ1v) is 9.24. The van der Waals surface area contributed by atoms with Gasteiger partial charge in [-0.25, -0.2) is 4.98 Å². The van der Waals surface area contributed by atoms with E-state index in [1.165, 1.54) is 0 Å². The average molecular weight is 374 g/mol.